The highest BCUT2D eigenvalue weighted by molar-refractivity contribution is 6.06. The first-order valence-electron chi connectivity index (χ1n) is 6.54. The molecule has 0 aliphatic carbocycles. The van der Waals surface area contributed by atoms with E-state index in [0.717, 1.165) is 28.1 Å². The van der Waals surface area contributed by atoms with Crippen molar-refractivity contribution < 1.29 is 4.79 Å². The molecule has 0 spiro atoms. The molecule has 0 radical (unpaired) electrons. The lowest BCUT2D eigenvalue weighted by Gasteiger charge is -2.11. The maximum Gasteiger partial charge on any atom is 0.256 e. The number of nitrogens with zero attached hydrogens (tertiary/aromatic N) is 1. The van der Waals surface area contributed by atoms with Gasteiger partial charge in [0, 0.05) is 12.6 Å². The van der Waals surface area contributed by atoms with Crippen LogP contribution in [0.25, 0.3) is 0 Å². The summed E-state index contributed by atoms with van der Waals surface area (Å²) < 4.78 is 0. The number of hydrogen-bond acceptors (Lipinski definition) is 3. The number of hydrogen-bond donors (Lipinski definition) is 2. The number of rotatable bonds is 3. The van der Waals surface area contributed by atoms with E-state index in [2.05, 4.69) is 15.6 Å². The third kappa shape index (κ3) is 3.95. The molecule has 112 valence electrons. The van der Waals surface area contributed by atoms with E-state index in [1.807, 2.05) is 45.0 Å². The van der Waals surface area contributed by atoms with Crippen LogP contribution in [0.1, 0.15) is 27.0 Å². The summed E-state index contributed by atoms with van der Waals surface area (Å²) in [4.78, 5) is 16.5. The van der Waals surface area contributed by atoms with Gasteiger partial charge < -0.3 is 10.6 Å². The third-order valence-corrected chi connectivity index (χ3v) is 3.18. The minimum Gasteiger partial charge on any atom is -0.373 e. The highest BCUT2D eigenvalue weighted by Gasteiger charge is 2.13. The minimum absolute atomic E-state index is 0. The first-order chi connectivity index (χ1) is 9.51. The number of nitrogens with one attached hydrogen (secondary N) is 2. The number of pyridine rings is 1. The Balaban J connectivity index is 0.00000220. The quantitative estimate of drug-likeness (QED) is 0.908. The lowest BCUT2D eigenvalue weighted by atomic mass is 9.99. The summed E-state index contributed by atoms with van der Waals surface area (Å²) in [6.07, 6.45) is 1.64. The molecule has 1 amide bonds. The fourth-order valence-corrected chi connectivity index (χ4v) is 2.35. The first kappa shape index (κ1) is 17.0. The second-order valence-electron chi connectivity index (χ2n) is 4.91. The van der Waals surface area contributed by atoms with Crippen LogP contribution in [-0.4, -0.2) is 17.9 Å². The van der Waals surface area contributed by atoms with Crippen LogP contribution in [0.5, 0.6) is 0 Å². The molecule has 2 aromatic rings. The number of amides is 1. The number of aryl methyl sites for hydroxylation is 3. The molecule has 0 unspecified atom stereocenters. The van der Waals surface area contributed by atoms with Gasteiger partial charge in [0.15, 0.2) is 0 Å². The van der Waals surface area contributed by atoms with E-state index in [1.54, 1.807) is 13.2 Å². The Morgan fingerprint density at radius 2 is 1.71 bits per heavy atom. The Bertz CT molecular complexity index is 615. The van der Waals surface area contributed by atoms with E-state index in [9.17, 15) is 4.79 Å². The Morgan fingerprint density at radius 3 is 2.19 bits per heavy atom. The number of anilines is 2. The summed E-state index contributed by atoms with van der Waals surface area (Å²) in [5, 5.41) is 5.82. The highest BCUT2D eigenvalue weighted by atomic mass is 35.5. The maximum absolute atomic E-state index is 12.4. The van der Waals surface area contributed by atoms with Gasteiger partial charge in [0.05, 0.1) is 11.9 Å². The SMILES string of the molecule is CNc1ccc(NC(=O)c2c(C)cc(C)cc2C)cn1.Cl. The van der Waals surface area contributed by atoms with Gasteiger partial charge in [-0.05, 0) is 44.0 Å². The highest BCUT2D eigenvalue weighted by Crippen LogP contribution is 2.18. The average Bonchev–Trinajstić information content (AvgIpc) is 2.38. The number of carbonyl (C=O) groups is 1. The molecule has 4 nitrogen and oxygen atoms in total. The Labute approximate surface area is 131 Å². The van der Waals surface area contributed by atoms with Gasteiger partial charge in [0.1, 0.15) is 5.82 Å². The predicted molar refractivity (Wildman–Crippen MR) is 89.6 cm³/mol. The second kappa shape index (κ2) is 7.09. The molecule has 1 aromatic heterocycles. The van der Waals surface area contributed by atoms with Crippen LogP contribution in [0.15, 0.2) is 30.5 Å². The van der Waals surface area contributed by atoms with Crippen LogP contribution in [0.2, 0.25) is 0 Å². The van der Waals surface area contributed by atoms with E-state index in [-0.39, 0.29) is 18.3 Å². The Kier molecular flexibility index (Phi) is 5.73. The van der Waals surface area contributed by atoms with Gasteiger partial charge in [-0.15, -0.1) is 12.4 Å². The van der Waals surface area contributed by atoms with E-state index < -0.39 is 0 Å². The monoisotopic (exact) mass is 305 g/mol. The normalized spacial score (nSPS) is 9.71. The largest absolute Gasteiger partial charge is 0.373 e. The zero-order chi connectivity index (χ0) is 14.7. The Morgan fingerprint density at radius 1 is 1.10 bits per heavy atom. The lowest BCUT2D eigenvalue weighted by Crippen LogP contribution is -2.15. The second-order valence-corrected chi connectivity index (χ2v) is 4.91. The topological polar surface area (TPSA) is 54.0 Å². The number of halogens is 1. The summed E-state index contributed by atoms with van der Waals surface area (Å²) in [5.74, 6) is 0.671. The van der Waals surface area contributed by atoms with Gasteiger partial charge in [0.2, 0.25) is 0 Å². The van der Waals surface area contributed by atoms with E-state index >= 15 is 0 Å². The fourth-order valence-electron chi connectivity index (χ4n) is 2.35. The van der Waals surface area contributed by atoms with Crippen molar-refractivity contribution in [1.29, 1.82) is 0 Å². The van der Waals surface area contributed by atoms with Crippen molar-refractivity contribution in [2.24, 2.45) is 0 Å². The lowest BCUT2D eigenvalue weighted by molar-refractivity contribution is 0.102. The van der Waals surface area contributed by atoms with Gasteiger partial charge in [0.25, 0.3) is 5.91 Å². The van der Waals surface area contributed by atoms with Gasteiger partial charge in [-0.3, -0.25) is 4.79 Å². The molecular weight excluding hydrogens is 286 g/mol. The predicted octanol–water partition coefficient (Wildman–Crippen LogP) is 3.72. The van der Waals surface area contributed by atoms with Crippen molar-refractivity contribution in [2.45, 2.75) is 20.8 Å². The summed E-state index contributed by atoms with van der Waals surface area (Å²) >= 11 is 0. The summed E-state index contributed by atoms with van der Waals surface area (Å²) in [7, 11) is 1.81. The average molecular weight is 306 g/mol. The molecule has 1 heterocycles. The minimum atomic E-state index is -0.0981. The smallest absolute Gasteiger partial charge is 0.256 e. The van der Waals surface area contributed by atoms with Crippen LogP contribution in [-0.2, 0) is 0 Å². The zero-order valence-corrected chi connectivity index (χ0v) is 13.5. The van der Waals surface area contributed by atoms with E-state index in [0.29, 0.717) is 5.69 Å². The fraction of sp³-hybridized carbons (Fsp3) is 0.250. The van der Waals surface area contributed by atoms with Crippen LogP contribution < -0.4 is 10.6 Å². The number of carbonyl (C=O) groups excluding carboxylic acids is 1. The van der Waals surface area contributed by atoms with Gasteiger partial charge in [-0.25, -0.2) is 4.98 Å². The molecular formula is C16H20ClN3O. The van der Waals surface area contributed by atoms with Crippen LogP contribution >= 0.6 is 12.4 Å². The van der Waals surface area contributed by atoms with Crippen molar-refractivity contribution in [3.63, 3.8) is 0 Å². The van der Waals surface area contributed by atoms with Crippen molar-refractivity contribution in [3.8, 4) is 0 Å². The summed E-state index contributed by atoms with van der Waals surface area (Å²) in [6.45, 7) is 5.94. The number of benzene rings is 1. The summed E-state index contributed by atoms with van der Waals surface area (Å²) in [5.41, 5.74) is 4.55. The zero-order valence-electron chi connectivity index (χ0n) is 12.7. The van der Waals surface area contributed by atoms with Gasteiger partial charge in [-0.1, -0.05) is 17.7 Å². The molecule has 0 aliphatic heterocycles. The van der Waals surface area contributed by atoms with Crippen LogP contribution in [0.3, 0.4) is 0 Å². The molecule has 0 saturated carbocycles. The molecule has 0 aliphatic rings. The van der Waals surface area contributed by atoms with Gasteiger partial charge in [-0.2, -0.15) is 0 Å². The number of aromatic nitrogens is 1. The molecule has 0 saturated heterocycles. The van der Waals surface area contributed by atoms with Gasteiger partial charge >= 0.3 is 0 Å². The molecule has 0 fully saturated rings. The van der Waals surface area contributed by atoms with E-state index in [1.165, 1.54) is 0 Å². The van der Waals surface area contributed by atoms with Crippen molar-refractivity contribution >= 4 is 29.8 Å². The van der Waals surface area contributed by atoms with Crippen molar-refractivity contribution in [1.82, 2.24) is 4.98 Å². The molecule has 1 aromatic carbocycles. The summed E-state index contributed by atoms with van der Waals surface area (Å²) in [6, 6.07) is 7.69. The molecule has 21 heavy (non-hydrogen) atoms. The van der Waals surface area contributed by atoms with Crippen LogP contribution in [0.4, 0.5) is 11.5 Å². The molecule has 0 atom stereocenters. The van der Waals surface area contributed by atoms with Crippen molar-refractivity contribution in [2.75, 3.05) is 17.7 Å². The third-order valence-electron chi connectivity index (χ3n) is 3.18. The van der Waals surface area contributed by atoms with Crippen LogP contribution in [0, 0.1) is 20.8 Å². The standard InChI is InChI=1S/C16H19N3O.ClH/c1-10-7-11(2)15(12(3)8-10)16(20)19-13-5-6-14(17-4)18-9-13;/h5-9H,1-4H3,(H,17,18)(H,19,20);1H. The first-order valence-corrected chi connectivity index (χ1v) is 6.54. The molecule has 2 N–H and O–H groups in total. The van der Waals surface area contributed by atoms with Crippen molar-refractivity contribution in [3.05, 3.63) is 52.7 Å². The Hall–Kier alpha value is -2.07. The molecule has 5 heteroatoms. The molecule has 0 bridgehead atoms. The maximum atomic E-state index is 12.4. The van der Waals surface area contributed by atoms with E-state index in [4.69, 9.17) is 0 Å². The molecule has 2 rings (SSSR count).